The summed E-state index contributed by atoms with van der Waals surface area (Å²) in [6.45, 7) is 14.9. The van der Waals surface area contributed by atoms with Gasteiger partial charge in [0.15, 0.2) is 0 Å². The summed E-state index contributed by atoms with van der Waals surface area (Å²) in [7, 11) is 0. The van der Waals surface area contributed by atoms with Gasteiger partial charge in [-0.05, 0) is 42.1 Å². The summed E-state index contributed by atoms with van der Waals surface area (Å²) in [6.07, 6.45) is 2.58. The molecule has 0 aromatic carbocycles. The monoisotopic (exact) mass is 239 g/mol. The molecule has 1 saturated carbocycles. The first-order valence-corrected chi connectivity index (χ1v) is 7.28. The van der Waals surface area contributed by atoms with Crippen LogP contribution in [0.3, 0.4) is 0 Å². The molecule has 1 aliphatic heterocycles. The molecule has 1 heterocycles. The maximum Gasteiger partial charge on any atom is 0.0500 e. The van der Waals surface area contributed by atoms with Gasteiger partial charge in [0.25, 0.3) is 0 Å². The second kappa shape index (κ2) is 4.55. The minimum absolute atomic E-state index is 0.488. The zero-order valence-corrected chi connectivity index (χ0v) is 12.2. The van der Waals surface area contributed by atoms with Gasteiger partial charge in [-0.25, -0.2) is 0 Å². The lowest BCUT2D eigenvalue weighted by molar-refractivity contribution is 0.149. The van der Waals surface area contributed by atoms with Crippen molar-refractivity contribution in [3.05, 3.63) is 0 Å². The summed E-state index contributed by atoms with van der Waals surface area (Å²) in [5.74, 6) is 1.62. The summed E-state index contributed by atoms with van der Waals surface area (Å²) in [4.78, 5) is 0. The molecule has 2 nitrogen and oxygen atoms in total. The molecular formula is C15H29NO. The van der Waals surface area contributed by atoms with E-state index >= 15 is 0 Å². The van der Waals surface area contributed by atoms with E-state index in [4.69, 9.17) is 4.74 Å². The number of ether oxygens (including phenoxy) is 1. The fraction of sp³-hybridized carbons (Fsp3) is 1.00. The lowest BCUT2D eigenvalue weighted by atomic mass is 9.79. The molecule has 1 N–H and O–H groups in total. The van der Waals surface area contributed by atoms with Crippen molar-refractivity contribution in [3.63, 3.8) is 0 Å². The fourth-order valence-electron chi connectivity index (χ4n) is 4.53. The highest BCUT2D eigenvalue weighted by atomic mass is 16.5. The molecule has 2 fully saturated rings. The topological polar surface area (TPSA) is 21.3 Å². The number of rotatable bonds is 5. The van der Waals surface area contributed by atoms with Gasteiger partial charge in [0.2, 0.25) is 0 Å². The van der Waals surface area contributed by atoms with Crippen LogP contribution in [0, 0.1) is 22.7 Å². The Morgan fingerprint density at radius 3 is 2.53 bits per heavy atom. The molecule has 1 aliphatic carbocycles. The molecule has 2 rings (SSSR count). The number of hydrogen-bond acceptors (Lipinski definition) is 2. The molecule has 0 bridgehead atoms. The van der Waals surface area contributed by atoms with Crippen LogP contribution in [0.1, 0.15) is 47.5 Å². The third kappa shape index (κ3) is 1.94. The highest BCUT2D eigenvalue weighted by Gasteiger charge is 2.71. The van der Waals surface area contributed by atoms with E-state index in [1.807, 2.05) is 0 Å². The molecule has 0 amide bonds. The number of hydrogen-bond donors (Lipinski definition) is 1. The Hall–Kier alpha value is -0.0800. The third-order valence-corrected chi connectivity index (χ3v) is 5.58. The molecule has 3 atom stereocenters. The van der Waals surface area contributed by atoms with Crippen LogP contribution < -0.4 is 5.32 Å². The van der Waals surface area contributed by atoms with Gasteiger partial charge in [0.05, 0.1) is 6.61 Å². The van der Waals surface area contributed by atoms with E-state index in [1.165, 1.54) is 19.4 Å². The molecule has 0 radical (unpaired) electrons. The van der Waals surface area contributed by atoms with E-state index in [0.717, 1.165) is 25.0 Å². The van der Waals surface area contributed by atoms with E-state index in [-0.39, 0.29) is 0 Å². The van der Waals surface area contributed by atoms with Crippen LogP contribution in [0.2, 0.25) is 0 Å². The Bertz CT molecular complexity index is 268. The molecular weight excluding hydrogens is 210 g/mol. The predicted molar refractivity (Wildman–Crippen MR) is 72.1 cm³/mol. The SMILES string of the molecule is CCC1(C2CCOC2)C(CNC(C)C)C1(C)C. The van der Waals surface area contributed by atoms with Crippen LogP contribution in [0.5, 0.6) is 0 Å². The molecule has 0 aromatic heterocycles. The summed E-state index contributed by atoms with van der Waals surface area (Å²) in [6, 6.07) is 0.598. The van der Waals surface area contributed by atoms with Crippen LogP contribution in [0.15, 0.2) is 0 Å². The van der Waals surface area contributed by atoms with Crippen LogP contribution in [0.25, 0.3) is 0 Å². The van der Waals surface area contributed by atoms with Crippen LogP contribution in [0.4, 0.5) is 0 Å². The quantitative estimate of drug-likeness (QED) is 0.796. The summed E-state index contributed by atoms with van der Waals surface area (Å²) in [5, 5.41) is 3.63. The largest absolute Gasteiger partial charge is 0.381 e. The van der Waals surface area contributed by atoms with Crippen molar-refractivity contribution in [2.75, 3.05) is 19.8 Å². The molecule has 0 spiro atoms. The normalized spacial score (nSPS) is 39.9. The van der Waals surface area contributed by atoms with Crippen molar-refractivity contribution in [2.24, 2.45) is 22.7 Å². The summed E-state index contributed by atoms with van der Waals surface area (Å²) >= 11 is 0. The average molecular weight is 239 g/mol. The first-order chi connectivity index (χ1) is 7.96. The molecule has 100 valence electrons. The highest BCUT2D eigenvalue weighted by molar-refractivity contribution is 5.20. The van der Waals surface area contributed by atoms with Gasteiger partial charge in [-0.1, -0.05) is 34.6 Å². The van der Waals surface area contributed by atoms with E-state index in [1.54, 1.807) is 0 Å². The molecule has 0 aromatic rings. The highest BCUT2D eigenvalue weighted by Crippen LogP contribution is 2.74. The van der Waals surface area contributed by atoms with Gasteiger partial charge in [-0.2, -0.15) is 0 Å². The first-order valence-electron chi connectivity index (χ1n) is 7.28. The maximum atomic E-state index is 5.63. The Labute approximate surface area is 107 Å². The Morgan fingerprint density at radius 2 is 2.06 bits per heavy atom. The number of nitrogens with one attached hydrogen (secondary N) is 1. The third-order valence-electron chi connectivity index (χ3n) is 5.58. The second-order valence-corrected chi connectivity index (χ2v) is 6.79. The van der Waals surface area contributed by atoms with Gasteiger partial charge in [-0.3, -0.25) is 0 Å². The first kappa shape index (κ1) is 13.4. The molecule has 2 aliphatic rings. The molecule has 1 saturated heterocycles. The van der Waals surface area contributed by atoms with Crippen molar-refractivity contribution >= 4 is 0 Å². The standard InChI is InChI=1S/C15H29NO/c1-6-15(12-7-8-17-10-12)13(14(15,4)5)9-16-11(2)3/h11-13,16H,6-10H2,1-5H3. The zero-order valence-electron chi connectivity index (χ0n) is 12.2. The van der Waals surface area contributed by atoms with E-state index in [9.17, 15) is 0 Å². The van der Waals surface area contributed by atoms with Gasteiger partial charge in [-0.15, -0.1) is 0 Å². The Kier molecular flexibility index (Phi) is 3.57. The summed E-state index contributed by atoms with van der Waals surface area (Å²) < 4.78 is 5.63. The van der Waals surface area contributed by atoms with Crippen molar-refractivity contribution < 1.29 is 4.74 Å². The van der Waals surface area contributed by atoms with Crippen molar-refractivity contribution in [1.29, 1.82) is 0 Å². The van der Waals surface area contributed by atoms with Gasteiger partial charge in [0, 0.05) is 12.6 Å². The predicted octanol–water partition coefficient (Wildman–Crippen LogP) is 3.07. The van der Waals surface area contributed by atoms with Crippen molar-refractivity contribution in [1.82, 2.24) is 5.32 Å². The minimum atomic E-state index is 0.488. The van der Waals surface area contributed by atoms with Crippen molar-refractivity contribution in [2.45, 2.75) is 53.5 Å². The lowest BCUT2D eigenvalue weighted by Crippen LogP contribution is -2.28. The molecule has 2 heteroatoms. The van der Waals surface area contributed by atoms with Crippen LogP contribution >= 0.6 is 0 Å². The molecule has 3 unspecified atom stereocenters. The lowest BCUT2D eigenvalue weighted by Gasteiger charge is -2.25. The van der Waals surface area contributed by atoms with E-state index in [2.05, 4.69) is 39.9 Å². The minimum Gasteiger partial charge on any atom is -0.381 e. The second-order valence-electron chi connectivity index (χ2n) is 6.79. The van der Waals surface area contributed by atoms with Crippen molar-refractivity contribution in [3.8, 4) is 0 Å². The van der Waals surface area contributed by atoms with Gasteiger partial charge >= 0.3 is 0 Å². The smallest absolute Gasteiger partial charge is 0.0500 e. The van der Waals surface area contributed by atoms with Crippen LogP contribution in [-0.4, -0.2) is 25.8 Å². The van der Waals surface area contributed by atoms with Gasteiger partial charge < -0.3 is 10.1 Å². The van der Waals surface area contributed by atoms with E-state index < -0.39 is 0 Å². The maximum absolute atomic E-state index is 5.63. The Balaban J connectivity index is 2.06. The average Bonchev–Trinajstić information content (AvgIpc) is 2.67. The zero-order chi connectivity index (χ0) is 12.7. The van der Waals surface area contributed by atoms with Crippen LogP contribution in [-0.2, 0) is 4.74 Å². The Morgan fingerprint density at radius 1 is 1.35 bits per heavy atom. The van der Waals surface area contributed by atoms with E-state index in [0.29, 0.717) is 16.9 Å². The van der Waals surface area contributed by atoms with Gasteiger partial charge in [0.1, 0.15) is 0 Å². The summed E-state index contributed by atoms with van der Waals surface area (Å²) in [5.41, 5.74) is 1.02. The fourth-order valence-corrected chi connectivity index (χ4v) is 4.53. The molecule has 17 heavy (non-hydrogen) atoms.